The fourth-order valence-electron chi connectivity index (χ4n) is 3.32. The minimum Gasteiger partial charge on any atom is -0.366 e. The molecule has 1 heterocycles. The second-order valence-electron chi connectivity index (χ2n) is 6.75. The molecule has 6 nitrogen and oxygen atoms in total. The van der Waals surface area contributed by atoms with Crippen LogP contribution >= 0.6 is 0 Å². The summed E-state index contributed by atoms with van der Waals surface area (Å²) in [5.41, 5.74) is 1.93. The van der Waals surface area contributed by atoms with Crippen LogP contribution in [0.15, 0.2) is 47.5 Å². The van der Waals surface area contributed by atoms with Crippen molar-refractivity contribution in [3.05, 3.63) is 65.2 Å². The van der Waals surface area contributed by atoms with Gasteiger partial charge in [0, 0.05) is 58.4 Å². The molecule has 0 aliphatic carbocycles. The largest absolute Gasteiger partial charge is 0.366 e. The summed E-state index contributed by atoms with van der Waals surface area (Å²) in [4.78, 5) is 19.9. The summed E-state index contributed by atoms with van der Waals surface area (Å²) in [6.45, 7) is 3.00. The van der Waals surface area contributed by atoms with E-state index in [1.165, 1.54) is 6.07 Å². The zero-order chi connectivity index (χ0) is 20.8. The van der Waals surface area contributed by atoms with Crippen LogP contribution in [-0.2, 0) is 6.54 Å². The van der Waals surface area contributed by atoms with Crippen LogP contribution in [0.4, 0.5) is 14.5 Å². The van der Waals surface area contributed by atoms with E-state index in [9.17, 15) is 13.6 Å². The smallest absolute Gasteiger partial charge is 0.251 e. The second kappa shape index (κ2) is 9.36. The number of hydrogen-bond donors (Lipinski definition) is 2. The van der Waals surface area contributed by atoms with Gasteiger partial charge in [0.25, 0.3) is 5.91 Å². The molecule has 1 aliphatic rings. The number of hydrogen-bond acceptors (Lipinski definition) is 3. The van der Waals surface area contributed by atoms with Crippen molar-refractivity contribution in [2.24, 2.45) is 4.99 Å². The van der Waals surface area contributed by atoms with Gasteiger partial charge >= 0.3 is 0 Å². The van der Waals surface area contributed by atoms with Gasteiger partial charge in [-0.3, -0.25) is 9.79 Å². The first-order valence-electron chi connectivity index (χ1n) is 9.48. The van der Waals surface area contributed by atoms with E-state index in [1.807, 2.05) is 17.0 Å². The van der Waals surface area contributed by atoms with Gasteiger partial charge in [0.1, 0.15) is 11.6 Å². The molecule has 0 aromatic heterocycles. The maximum absolute atomic E-state index is 14.0. The molecule has 1 aliphatic heterocycles. The minimum atomic E-state index is -0.441. The highest BCUT2D eigenvalue weighted by Gasteiger charge is 2.22. The van der Waals surface area contributed by atoms with E-state index < -0.39 is 11.6 Å². The van der Waals surface area contributed by atoms with Crippen molar-refractivity contribution in [2.45, 2.75) is 6.54 Å². The molecule has 2 N–H and O–H groups in total. The van der Waals surface area contributed by atoms with Crippen molar-refractivity contribution in [1.29, 1.82) is 0 Å². The van der Waals surface area contributed by atoms with E-state index in [4.69, 9.17) is 0 Å². The van der Waals surface area contributed by atoms with Gasteiger partial charge < -0.3 is 20.4 Å². The second-order valence-corrected chi connectivity index (χ2v) is 6.75. The predicted molar refractivity (Wildman–Crippen MR) is 110 cm³/mol. The lowest BCUT2D eigenvalue weighted by atomic mass is 10.1. The quantitative estimate of drug-likeness (QED) is 0.609. The average molecular weight is 401 g/mol. The van der Waals surface area contributed by atoms with Crippen LogP contribution in [0.3, 0.4) is 0 Å². The van der Waals surface area contributed by atoms with Crippen molar-refractivity contribution < 1.29 is 13.6 Å². The third kappa shape index (κ3) is 5.01. The highest BCUT2D eigenvalue weighted by atomic mass is 19.1. The number of aliphatic imine (C=N–C) groups is 1. The molecule has 3 rings (SSSR count). The summed E-state index contributed by atoms with van der Waals surface area (Å²) in [5.74, 6) is -0.223. The molecule has 0 saturated carbocycles. The zero-order valence-electron chi connectivity index (χ0n) is 16.6. The Labute approximate surface area is 169 Å². The number of benzene rings is 2. The molecule has 29 heavy (non-hydrogen) atoms. The van der Waals surface area contributed by atoms with Crippen LogP contribution in [0, 0.1) is 11.6 Å². The molecule has 0 atom stereocenters. The van der Waals surface area contributed by atoms with E-state index in [1.54, 1.807) is 26.2 Å². The van der Waals surface area contributed by atoms with E-state index in [0.29, 0.717) is 44.0 Å². The molecular weight excluding hydrogens is 376 g/mol. The molecule has 0 radical (unpaired) electrons. The Bertz CT molecular complexity index is 877. The summed E-state index contributed by atoms with van der Waals surface area (Å²) in [6.07, 6.45) is 0. The minimum absolute atomic E-state index is 0.118. The van der Waals surface area contributed by atoms with Gasteiger partial charge in [-0.2, -0.15) is 0 Å². The molecular formula is C21H25F2N5O. The Morgan fingerprint density at radius 2 is 1.76 bits per heavy atom. The number of guanidine groups is 1. The first kappa shape index (κ1) is 20.6. The molecule has 2 aromatic rings. The van der Waals surface area contributed by atoms with Gasteiger partial charge in [-0.25, -0.2) is 8.78 Å². The van der Waals surface area contributed by atoms with Crippen LogP contribution in [0.2, 0.25) is 0 Å². The number of amides is 1. The van der Waals surface area contributed by atoms with E-state index in [0.717, 1.165) is 23.7 Å². The van der Waals surface area contributed by atoms with Crippen molar-refractivity contribution in [1.82, 2.24) is 15.5 Å². The lowest BCUT2D eigenvalue weighted by molar-refractivity contribution is 0.0963. The van der Waals surface area contributed by atoms with Gasteiger partial charge in [0.15, 0.2) is 5.96 Å². The van der Waals surface area contributed by atoms with Gasteiger partial charge in [0.2, 0.25) is 0 Å². The molecule has 8 heteroatoms. The molecule has 0 unspecified atom stereocenters. The Kier molecular flexibility index (Phi) is 6.64. The Morgan fingerprint density at radius 1 is 1.07 bits per heavy atom. The lowest BCUT2D eigenvalue weighted by Crippen LogP contribution is -2.52. The van der Waals surface area contributed by atoms with E-state index in [2.05, 4.69) is 20.5 Å². The molecule has 0 spiro atoms. The molecule has 154 valence electrons. The van der Waals surface area contributed by atoms with Crippen LogP contribution in [-0.4, -0.2) is 57.0 Å². The highest BCUT2D eigenvalue weighted by molar-refractivity contribution is 5.93. The van der Waals surface area contributed by atoms with Crippen molar-refractivity contribution in [3.63, 3.8) is 0 Å². The number of halogens is 2. The predicted octanol–water partition coefficient (Wildman–Crippen LogP) is 2.22. The van der Waals surface area contributed by atoms with Crippen LogP contribution in [0.25, 0.3) is 0 Å². The topological polar surface area (TPSA) is 60.0 Å². The summed E-state index contributed by atoms with van der Waals surface area (Å²) in [5, 5.41) is 5.91. The summed E-state index contributed by atoms with van der Waals surface area (Å²) in [6, 6.07) is 10.9. The highest BCUT2D eigenvalue weighted by Crippen LogP contribution is 2.22. The van der Waals surface area contributed by atoms with Crippen LogP contribution in [0.5, 0.6) is 0 Å². The van der Waals surface area contributed by atoms with Gasteiger partial charge in [-0.05, 0) is 29.8 Å². The van der Waals surface area contributed by atoms with Gasteiger partial charge in [-0.15, -0.1) is 0 Å². The fourth-order valence-corrected chi connectivity index (χ4v) is 3.32. The number of nitrogens with one attached hydrogen (secondary N) is 2. The third-order valence-corrected chi connectivity index (χ3v) is 4.93. The molecule has 1 fully saturated rings. The Morgan fingerprint density at radius 3 is 2.38 bits per heavy atom. The number of anilines is 1. The monoisotopic (exact) mass is 401 g/mol. The SMILES string of the molecule is CN=C(NCc1ccc(C(=O)NC)cc1)N1CCN(c2cc(F)ccc2F)CC1. The summed E-state index contributed by atoms with van der Waals surface area (Å²) >= 11 is 0. The van der Waals surface area contributed by atoms with Gasteiger partial charge in [0.05, 0.1) is 5.69 Å². The van der Waals surface area contributed by atoms with Crippen LogP contribution in [0.1, 0.15) is 15.9 Å². The van der Waals surface area contributed by atoms with E-state index >= 15 is 0 Å². The number of carbonyl (C=O) groups is 1. The fraction of sp³-hybridized carbons (Fsp3) is 0.333. The number of rotatable bonds is 4. The first-order chi connectivity index (χ1) is 14.0. The summed E-state index contributed by atoms with van der Waals surface area (Å²) in [7, 11) is 3.32. The Balaban J connectivity index is 1.55. The normalized spacial score (nSPS) is 14.7. The zero-order valence-corrected chi connectivity index (χ0v) is 16.6. The maximum Gasteiger partial charge on any atom is 0.251 e. The molecule has 1 amide bonds. The number of nitrogens with zero attached hydrogens (tertiary/aromatic N) is 3. The maximum atomic E-state index is 14.0. The average Bonchev–Trinajstić information content (AvgIpc) is 2.76. The number of piperazine rings is 1. The van der Waals surface area contributed by atoms with Gasteiger partial charge in [-0.1, -0.05) is 12.1 Å². The molecule has 0 bridgehead atoms. The lowest BCUT2D eigenvalue weighted by Gasteiger charge is -2.37. The van der Waals surface area contributed by atoms with Crippen molar-refractivity contribution in [3.8, 4) is 0 Å². The van der Waals surface area contributed by atoms with Crippen LogP contribution < -0.4 is 15.5 Å². The summed E-state index contributed by atoms with van der Waals surface area (Å²) < 4.78 is 27.5. The van der Waals surface area contributed by atoms with Crippen molar-refractivity contribution in [2.75, 3.05) is 45.2 Å². The Hall–Kier alpha value is -3.16. The van der Waals surface area contributed by atoms with Crippen molar-refractivity contribution >= 4 is 17.6 Å². The standard InChI is InChI=1S/C21H25F2N5O/c1-24-20(29)16-5-3-15(4-6-16)14-26-21(25-2)28-11-9-27(10-12-28)19-13-17(22)7-8-18(19)23/h3-8,13H,9-12,14H2,1-2H3,(H,24,29)(H,25,26). The number of carbonyl (C=O) groups excluding carboxylic acids is 1. The first-order valence-corrected chi connectivity index (χ1v) is 9.48. The van der Waals surface area contributed by atoms with E-state index in [-0.39, 0.29) is 5.91 Å². The molecule has 2 aromatic carbocycles. The molecule has 1 saturated heterocycles. The third-order valence-electron chi connectivity index (χ3n) is 4.93.